The van der Waals surface area contributed by atoms with Crippen LogP contribution in [0.3, 0.4) is 0 Å². The molecule has 1 aromatic carbocycles. The summed E-state index contributed by atoms with van der Waals surface area (Å²) >= 11 is 1.57. The second-order valence-electron chi connectivity index (χ2n) is 6.66. The van der Waals surface area contributed by atoms with Gasteiger partial charge in [0, 0.05) is 29.7 Å². The molecule has 3 rings (SSSR count). The molecule has 1 amide bonds. The van der Waals surface area contributed by atoms with Crippen LogP contribution in [-0.2, 0) is 12.8 Å². The van der Waals surface area contributed by atoms with Crippen molar-refractivity contribution >= 4 is 17.2 Å². The summed E-state index contributed by atoms with van der Waals surface area (Å²) in [6, 6.07) is 10.3. The van der Waals surface area contributed by atoms with Crippen LogP contribution in [0.1, 0.15) is 39.2 Å². The Labute approximate surface area is 163 Å². The van der Waals surface area contributed by atoms with Gasteiger partial charge in [-0.25, -0.2) is 4.39 Å². The summed E-state index contributed by atoms with van der Waals surface area (Å²) in [7, 11) is 1.85. The fourth-order valence-electron chi connectivity index (χ4n) is 3.03. The summed E-state index contributed by atoms with van der Waals surface area (Å²) in [5, 5.41) is 7.32. The fraction of sp³-hybridized carbons (Fsp3) is 0.333. The monoisotopic (exact) mass is 385 g/mol. The van der Waals surface area contributed by atoms with Gasteiger partial charge in [0.25, 0.3) is 5.91 Å². The SMILES string of the molecule is CCc1cc(C(=O)N(C)CCCc2cc(-c3ccc(F)cc3)n[nH]2)sc1C. The zero-order valence-corrected chi connectivity index (χ0v) is 16.7. The molecule has 0 atom stereocenters. The van der Waals surface area contributed by atoms with E-state index in [0.717, 1.165) is 41.1 Å². The van der Waals surface area contributed by atoms with Crippen LogP contribution in [0.4, 0.5) is 4.39 Å². The van der Waals surface area contributed by atoms with Gasteiger partial charge in [-0.15, -0.1) is 11.3 Å². The highest BCUT2D eigenvalue weighted by Gasteiger charge is 2.15. The zero-order valence-electron chi connectivity index (χ0n) is 15.9. The quantitative estimate of drug-likeness (QED) is 0.632. The molecule has 0 unspecified atom stereocenters. The highest BCUT2D eigenvalue weighted by atomic mass is 32.1. The van der Waals surface area contributed by atoms with Crippen LogP contribution in [0.5, 0.6) is 0 Å². The first-order chi connectivity index (χ1) is 13.0. The number of rotatable bonds is 7. The van der Waals surface area contributed by atoms with Crippen molar-refractivity contribution in [1.82, 2.24) is 15.1 Å². The fourth-order valence-corrected chi connectivity index (χ4v) is 4.14. The lowest BCUT2D eigenvalue weighted by Crippen LogP contribution is -2.27. The van der Waals surface area contributed by atoms with Gasteiger partial charge in [0.2, 0.25) is 0 Å². The number of nitrogens with zero attached hydrogens (tertiary/aromatic N) is 2. The van der Waals surface area contributed by atoms with E-state index >= 15 is 0 Å². The maximum Gasteiger partial charge on any atom is 0.263 e. The molecule has 2 aromatic heterocycles. The van der Waals surface area contributed by atoms with Crippen LogP contribution in [-0.4, -0.2) is 34.6 Å². The minimum Gasteiger partial charge on any atom is -0.341 e. The number of carbonyl (C=O) groups excluding carboxylic acids is 1. The maximum absolute atomic E-state index is 13.0. The Morgan fingerprint density at radius 2 is 2.00 bits per heavy atom. The Hall–Kier alpha value is -2.47. The van der Waals surface area contributed by atoms with Gasteiger partial charge in [-0.2, -0.15) is 5.10 Å². The van der Waals surface area contributed by atoms with Crippen LogP contribution >= 0.6 is 11.3 Å². The van der Waals surface area contributed by atoms with E-state index in [1.807, 2.05) is 19.2 Å². The van der Waals surface area contributed by atoms with Gasteiger partial charge in [0.15, 0.2) is 0 Å². The molecule has 0 spiro atoms. The third kappa shape index (κ3) is 4.63. The molecule has 4 nitrogen and oxygen atoms in total. The predicted octanol–water partition coefficient (Wildman–Crippen LogP) is 4.85. The van der Waals surface area contributed by atoms with Gasteiger partial charge in [-0.1, -0.05) is 6.92 Å². The van der Waals surface area contributed by atoms with E-state index < -0.39 is 0 Å². The average Bonchev–Trinajstić information content (AvgIpc) is 3.28. The molecule has 0 radical (unpaired) electrons. The molecular formula is C21H24FN3OS. The van der Waals surface area contributed by atoms with Crippen LogP contribution in [0.15, 0.2) is 36.4 Å². The molecule has 0 aliphatic heterocycles. The number of aryl methyl sites for hydroxylation is 3. The number of hydrogen-bond donors (Lipinski definition) is 1. The second kappa shape index (κ2) is 8.48. The van der Waals surface area contributed by atoms with Crippen molar-refractivity contribution in [2.45, 2.75) is 33.1 Å². The van der Waals surface area contributed by atoms with Crippen LogP contribution < -0.4 is 0 Å². The number of H-pyrrole nitrogens is 1. The normalized spacial score (nSPS) is 11.0. The highest BCUT2D eigenvalue weighted by molar-refractivity contribution is 7.14. The Kier molecular flexibility index (Phi) is 6.06. The zero-order chi connectivity index (χ0) is 19.4. The Morgan fingerprint density at radius 3 is 2.67 bits per heavy atom. The molecule has 142 valence electrons. The van der Waals surface area contributed by atoms with Crippen molar-refractivity contribution < 1.29 is 9.18 Å². The Morgan fingerprint density at radius 1 is 1.26 bits per heavy atom. The van der Waals surface area contributed by atoms with E-state index in [2.05, 4.69) is 24.0 Å². The Balaban J connectivity index is 1.53. The lowest BCUT2D eigenvalue weighted by atomic mass is 10.1. The lowest BCUT2D eigenvalue weighted by molar-refractivity contribution is 0.0798. The number of amides is 1. The molecule has 0 fully saturated rings. The first-order valence-electron chi connectivity index (χ1n) is 9.13. The second-order valence-corrected chi connectivity index (χ2v) is 7.92. The summed E-state index contributed by atoms with van der Waals surface area (Å²) in [5.41, 5.74) is 3.94. The molecule has 0 saturated carbocycles. The molecule has 0 aliphatic carbocycles. The maximum atomic E-state index is 13.0. The number of carbonyl (C=O) groups is 1. The van der Waals surface area contributed by atoms with Gasteiger partial charge >= 0.3 is 0 Å². The number of benzene rings is 1. The van der Waals surface area contributed by atoms with Gasteiger partial charge in [-0.05, 0) is 68.1 Å². The van der Waals surface area contributed by atoms with Gasteiger partial charge in [-0.3, -0.25) is 9.89 Å². The number of nitrogens with one attached hydrogen (secondary N) is 1. The summed E-state index contributed by atoms with van der Waals surface area (Å²) in [6.45, 7) is 4.86. The molecule has 0 aliphatic rings. The smallest absolute Gasteiger partial charge is 0.263 e. The van der Waals surface area contributed by atoms with Crippen molar-refractivity contribution in [3.63, 3.8) is 0 Å². The number of aromatic nitrogens is 2. The number of hydrogen-bond acceptors (Lipinski definition) is 3. The van der Waals surface area contributed by atoms with Crippen molar-refractivity contribution in [2.24, 2.45) is 0 Å². The third-order valence-electron chi connectivity index (χ3n) is 4.67. The highest BCUT2D eigenvalue weighted by Crippen LogP contribution is 2.23. The van der Waals surface area contributed by atoms with Crippen LogP contribution in [0, 0.1) is 12.7 Å². The number of thiophene rings is 1. The van der Waals surface area contributed by atoms with Crippen molar-refractivity contribution in [3.8, 4) is 11.3 Å². The predicted molar refractivity (Wildman–Crippen MR) is 108 cm³/mol. The summed E-state index contributed by atoms with van der Waals surface area (Å²) in [4.78, 5) is 16.4. The molecule has 27 heavy (non-hydrogen) atoms. The van der Waals surface area contributed by atoms with E-state index in [4.69, 9.17) is 0 Å². The number of aromatic amines is 1. The molecule has 2 heterocycles. The largest absolute Gasteiger partial charge is 0.341 e. The number of halogens is 1. The van der Waals surface area contributed by atoms with Crippen molar-refractivity contribution in [2.75, 3.05) is 13.6 Å². The summed E-state index contributed by atoms with van der Waals surface area (Å²) in [5.74, 6) is -0.173. The molecule has 1 N–H and O–H groups in total. The summed E-state index contributed by atoms with van der Waals surface area (Å²) in [6.07, 6.45) is 2.60. The van der Waals surface area contributed by atoms with E-state index in [1.165, 1.54) is 22.6 Å². The third-order valence-corrected chi connectivity index (χ3v) is 5.75. The molecule has 3 aromatic rings. The van der Waals surface area contributed by atoms with E-state index in [0.29, 0.717) is 6.54 Å². The lowest BCUT2D eigenvalue weighted by Gasteiger charge is -2.15. The summed E-state index contributed by atoms with van der Waals surface area (Å²) < 4.78 is 13.0. The molecular weight excluding hydrogens is 361 g/mol. The minimum absolute atomic E-state index is 0.0828. The topological polar surface area (TPSA) is 49.0 Å². The first kappa shape index (κ1) is 19.3. The van der Waals surface area contributed by atoms with Gasteiger partial charge in [0.05, 0.1) is 10.6 Å². The van der Waals surface area contributed by atoms with E-state index in [9.17, 15) is 9.18 Å². The molecule has 0 saturated heterocycles. The van der Waals surface area contributed by atoms with Gasteiger partial charge < -0.3 is 4.90 Å². The van der Waals surface area contributed by atoms with Gasteiger partial charge in [0.1, 0.15) is 5.82 Å². The van der Waals surface area contributed by atoms with Crippen molar-refractivity contribution in [3.05, 3.63) is 63.2 Å². The standard InChI is InChI=1S/C21H24FN3OS/c1-4-15-12-20(27-14(15)2)21(26)25(3)11-5-6-18-13-19(24-23-18)16-7-9-17(22)10-8-16/h7-10,12-13H,4-6,11H2,1-3H3,(H,23,24). The average molecular weight is 386 g/mol. The van der Waals surface area contributed by atoms with Crippen molar-refractivity contribution in [1.29, 1.82) is 0 Å². The van der Waals surface area contributed by atoms with E-state index in [1.54, 1.807) is 28.4 Å². The minimum atomic E-state index is -0.255. The van der Waals surface area contributed by atoms with Crippen LogP contribution in [0.2, 0.25) is 0 Å². The van der Waals surface area contributed by atoms with E-state index in [-0.39, 0.29) is 11.7 Å². The Bertz CT molecular complexity index is 914. The first-order valence-corrected chi connectivity index (χ1v) is 9.94. The molecule has 0 bridgehead atoms. The molecule has 6 heteroatoms. The van der Waals surface area contributed by atoms with Crippen LogP contribution in [0.25, 0.3) is 11.3 Å².